The first-order chi connectivity index (χ1) is 17.0. The zero-order valence-electron chi connectivity index (χ0n) is 19.1. The van der Waals surface area contributed by atoms with Crippen molar-refractivity contribution in [3.63, 3.8) is 0 Å². The summed E-state index contributed by atoms with van der Waals surface area (Å²) in [4.78, 5) is 19.4. The fourth-order valence-corrected chi connectivity index (χ4v) is 4.54. The van der Waals surface area contributed by atoms with Gasteiger partial charge in [0.25, 0.3) is 5.91 Å². The third kappa shape index (κ3) is 3.99. The lowest BCUT2D eigenvalue weighted by atomic mass is 9.86. The van der Waals surface area contributed by atoms with Crippen molar-refractivity contribution in [1.82, 2.24) is 20.1 Å². The Balaban J connectivity index is 0.00000304. The van der Waals surface area contributed by atoms with Gasteiger partial charge in [0.2, 0.25) is 0 Å². The molecular weight excluding hydrogens is 454 g/mol. The predicted octanol–water partition coefficient (Wildman–Crippen LogP) is 4.80. The summed E-state index contributed by atoms with van der Waals surface area (Å²) < 4.78 is 40.4. The number of halogens is 2. The van der Waals surface area contributed by atoms with Gasteiger partial charge in [-0.25, -0.2) is 13.8 Å². The average Bonchev–Trinajstić information content (AvgIpc) is 3.44. The maximum absolute atomic E-state index is 15.1. The van der Waals surface area contributed by atoms with Gasteiger partial charge in [-0.15, -0.1) is 0 Å². The number of amides is 1. The summed E-state index contributed by atoms with van der Waals surface area (Å²) in [6.45, 7) is 0.298. The van der Waals surface area contributed by atoms with E-state index in [4.69, 9.17) is 9.47 Å². The topological polar surface area (TPSA) is 80.3 Å². The van der Waals surface area contributed by atoms with Crippen molar-refractivity contribution in [2.75, 3.05) is 20.8 Å². The van der Waals surface area contributed by atoms with Crippen molar-refractivity contribution < 1.29 is 24.5 Å². The molecule has 180 valence electrons. The molecule has 7 nitrogen and oxygen atoms in total. The Morgan fingerprint density at radius 1 is 1.11 bits per heavy atom. The summed E-state index contributed by atoms with van der Waals surface area (Å²) in [5.41, 5.74) is 2.69. The van der Waals surface area contributed by atoms with Crippen molar-refractivity contribution in [2.45, 2.75) is 12.5 Å². The Kier molecular flexibility index (Phi) is 5.90. The first kappa shape index (κ1) is 22.5. The van der Waals surface area contributed by atoms with Crippen LogP contribution in [0.25, 0.3) is 11.4 Å². The number of ether oxygens (including phenoxy) is 2. The summed E-state index contributed by atoms with van der Waals surface area (Å²) >= 11 is 0. The van der Waals surface area contributed by atoms with E-state index in [0.29, 0.717) is 41.4 Å². The lowest BCUT2D eigenvalue weighted by Crippen LogP contribution is -2.41. The minimum absolute atomic E-state index is 0. The second kappa shape index (κ2) is 9.17. The van der Waals surface area contributed by atoms with Gasteiger partial charge in [0.15, 0.2) is 17.5 Å². The molecule has 1 aliphatic rings. The largest absolute Gasteiger partial charge is 0.497 e. The molecule has 1 N–H and O–H groups in total. The van der Waals surface area contributed by atoms with Crippen LogP contribution in [0.15, 0.2) is 60.9 Å². The molecule has 0 aliphatic carbocycles. The van der Waals surface area contributed by atoms with Crippen LogP contribution in [0.2, 0.25) is 0 Å². The fraction of sp³-hybridized carbons (Fsp3) is 0.192. The summed E-state index contributed by atoms with van der Waals surface area (Å²) in [5.74, 6) is -0.693. The number of benzene rings is 3. The van der Waals surface area contributed by atoms with E-state index >= 15 is 4.39 Å². The summed E-state index contributed by atoms with van der Waals surface area (Å²) in [7, 11) is 3.04. The van der Waals surface area contributed by atoms with E-state index in [1.54, 1.807) is 42.3 Å². The number of carbonyl (C=O) groups is 1. The maximum Gasteiger partial charge on any atom is 0.254 e. The second-order valence-electron chi connectivity index (χ2n) is 8.11. The molecule has 0 fully saturated rings. The average molecular weight is 478 g/mol. The van der Waals surface area contributed by atoms with E-state index in [0.717, 1.165) is 17.2 Å². The number of rotatable bonds is 5. The molecule has 0 saturated heterocycles. The summed E-state index contributed by atoms with van der Waals surface area (Å²) in [6.07, 6.45) is 1.90. The van der Waals surface area contributed by atoms with E-state index in [1.165, 1.54) is 25.6 Å². The number of H-pyrrole nitrogens is 1. The highest BCUT2D eigenvalue weighted by Crippen LogP contribution is 2.44. The smallest absolute Gasteiger partial charge is 0.254 e. The summed E-state index contributed by atoms with van der Waals surface area (Å²) in [6, 6.07) is 13.5. The standard InChI is InChI=1S/C26H22F2N4O3.H2/c1-34-18-12-17-10-11-32(26(33)16-8-6-15(7-9-16)25-29-14-30-31-25)24(22(17)21(13-18)35-2)19-4-3-5-20(27)23(19)28;/h3-9,12-14,24H,10-11H2,1-2H3,(H,29,30,31);1H. The molecule has 1 unspecified atom stereocenters. The predicted molar refractivity (Wildman–Crippen MR) is 126 cm³/mol. The van der Waals surface area contributed by atoms with Crippen LogP contribution in [0.5, 0.6) is 11.5 Å². The van der Waals surface area contributed by atoms with Gasteiger partial charge in [-0.2, -0.15) is 5.10 Å². The molecule has 1 atom stereocenters. The monoisotopic (exact) mass is 478 g/mol. The van der Waals surface area contributed by atoms with E-state index in [2.05, 4.69) is 15.2 Å². The summed E-state index contributed by atoms with van der Waals surface area (Å²) in [5, 5.41) is 6.62. The Bertz CT molecular complexity index is 1360. The number of hydrogen-bond acceptors (Lipinski definition) is 5. The van der Waals surface area contributed by atoms with Gasteiger partial charge in [0.05, 0.1) is 20.3 Å². The number of methoxy groups -OCH3 is 2. The number of hydrogen-bond donors (Lipinski definition) is 1. The molecular formula is C26H24F2N4O3. The minimum Gasteiger partial charge on any atom is -0.497 e. The van der Waals surface area contributed by atoms with E-state index < -0.39 is 17.7 Å². The number of nitrogens with one attached hydrogen (secondary N) is 1. The van der Waals surface area contributed by atoms with Crippen LogP contribution in [0, 0.1) is 11.6 Å². The molecule has 1 amide bonds. The van der Waals surface area contributed by atoms with Crippen LogP contribution in [0.1, 0.15) is 34.5 Å². The third-order valence-corrected chi connectivity index (χ3v) is 6.22. The van der Waals surface area contributed by atoms with Gasteiger partial charge >= 0.3 is 0 Å². The number of nitrogens with zero attached hydrogens (tertiary/aromatic N) is 3. The van der Waals surface area contributed by atoms with Crippen LogP contribution in [-0.2, 0) is 6.42 Å². The molecule has 0 spiro atoms. The van der Waals surface area contributed by atoms with Crippen LogP contribution >= 0.6 is 0 Å². The normalized spacial score (nSPS) is 15.0. The molecule has 5 rings (SSSR count). The zero-order valence-corrected chi connectivity index (χ0v) is 19.1. The number of aromatic amines is 1. The third-order valence-electron chi connectivity index (χ3n) is 6.22. The molecule has 1 aromatic heterocycles. The minimum atomic E-state index is -0.998. The van der Waals surface area contributed by atoms with Crippen LogP contribution in [-0.4, -0.2) is 46.8 Å². The molecule has 9 heteroatoms. The Morgan fingerprint density at radius 3 is 2.60 bits per heavy atom. The lowest BCUT2D eigenvalue weighted by molar-refractivity contribution is 0.0689. The van der Waals surface area contributed by atoms with Crippen molar-refractivity contribution in [2.24, 2.45) is 0 Å². The van der Waals surface area contributed by atoms with Crippen LogP contribution in [0.3, 0.4) is 0 Å². The molecule has 4 aromatic rings. The SMILES string of the molecule is COc1cc2c(c(OC)c1)C(c1cccc(F)c1F)N(C(=O)c1ccc(-c3ncn[nH]3)cc1)CC2.[HH]. The Labute approximate surface area is 201 Å². The Morgan fingerprint density at radius 2 is 1.91 bits per heavy atom. The van der Waals surface area contributed by atoms with Gasteiger partial charge in [0.1, 0.15) is 17.8 Å². The molecule has 3 aromatic carbocycles. The molecule has 0 saturated carbocycles. The fourth-order valence-electron chi connectivity index (χ4n) is 4.54. The second-order valence-corrected chi connectivity index (χ2v) is 8.11. The van der Waals surface area contributed by atoms with Gasteiger partial charge in [-0.05, 0) is 36.2 Å². The lowest BCUT2D eigenvalue weighted by Gasteiger charge is -2.39. The van der Waals surface area contributed by atoms with E-state index in [-0.39, 0.29) is 12.9 Å². The van der Waals surface area contributed by atoms with Crippen LogP contribution < -0.4 is 9.47 Å². The van der Waals surface area contributed by atoms with E-state index in [9.17, 15) is 9.18 Å². The maximum atomic E-state index is 15.1. The molecule has 0 bridgehead atoms. The number of fused-ring (bicyclic) bond motifs is 1. The number of aromatic nitrogens is 3. The highest BCUT2D eigenvalue weighted by molar-refractivity contribution is 5.95. The highest BCUT2D eigenvalue weighted by atomic mass is 19.2. The van der Waals surface area contributed by atoms with Gasteiger partial charge in [-0.3, -0.25) is 9.89 Å². The first-order valence-electron chi connectivity index (χ1n) is 11.0. The van der Waals surface area contributed by atoms with Crippen LogP contribution in [0.4, 0.5) is 8.78 Å². The number of carbonyl (C=O) groups excluding carboxylic acids is 1. The van der Waals surface area contributed by atoms with Gasteiger partial charge in [0, 0.05) is 36.3 Å². The zero-order chi connectivity index (χ0) is 24.5. The molecule has 2 heterocycles. The van der Waals surface area contributed by atoms with Crippen molar-refractivity contribution in [1.29, 1.82) is 0 Å². The molecule has 35 heavy (non-hydrogen) atoms. The molecule has 0 radical (unpaired) electrons. The Hall–Kier alpha value is -4.27. The first-order valence-corrected chi connectivity index (χ1v) is 11.0. The quantitative estimate of drug-likeness (QED) is 0.446. The van der Waals surface area contributed by atoms with Crippen molar-refractivity contribution in [3.8, 4) is 22.9 Å². The van der Waals surface area contributed by atoms with Gasteiger partial charge < -0.3 is 14.4 Å². The van der Waals surface area contributed by atoms with Crippen molar-refractivity contribution >= 4 is 5.91 Å². The van der Waals surface area contributed by atoms with Gasteiger partial charge in [-0.1, -0.05) is 24.3 Å². The highest BCUT2D eigenvalue weighted by Gasteiger charge is 2.37. The van der Waals surface area contributed by atoms with Crippen molar-refractivity contribution in [3.05, 3.63) is 94.8 Å². The molecule has 1 aliphatic heterocycles. The van der Waals surface area contributed by atoms with E-state index in [1.807, 2.05) is 6.07 Å².